The van der Waals surface area contributed by atoms with E-state index in [0.29, 0.717) is 6.54 Å². The third-order valence-electron chi connectivity index (χ3n) is 2.27. The highest BCUT2D eigenvalue weighted by atomic mass is 16.4. The van der Waals surface area contributed by atoms with E-state index in [9.17, 15) is 0 Å². The molecule has 0 unspecified atom stereocenters. The van der Waals surface area contributed by atoms with Gasteiger partial charge in [0.2, 0.25) is 5.89 Å². The Morgan fingerprint density at radius 1 is 1.50 bits per heavy atom. The number of aromatic nitrogens is 3. The van der Waals surface area contributed by atoms with Gasteiger partial charge in [0.05, 0.1) is 19.1 Å². The van der Waals surface area contributed by atoms with Gasteiger partial charge in [0, 0.05) is 18.9 Å². The fourth-order valence-electron chi connectivity index (χ4n) is 1.48. The maximum absolute atomic E-state index is 5.35. The van der Waals surface area contributed by atoms with Crippen molar-refractivity contribution in [2.75, 3.05) is 6.54 Å². The fourth-order valence-corrected chi connectivity index (χ4v) is 1.48. The van der Waals surface area contributed by atoms with Gasteiger partial charge in [0.1, 0.15) is 5.76 Å². The number of oxazole rings is 1. The molecular weight excluding hydrogens is 204 g/mol. The Bertz CT molecular complexity index is 407. The predicted octanol–water partition coefficient (Wildman–Crippen LogP) is 1.36. The van der Waals surface area contributed by atoms with Crippen LogP contribution >= 0.6 is 0 Å². The molecule has 0 saturated heterocycles. The van der Waals surface area contributed by atoms with Crippen LogP contribution in [0.4, 0.5) is 0 Å². The smallest absolute Gasteiger partial charge is 0.208 e. The summed E-state index contributed by atoms with van der Waals surface area (Å²) in [6.07, 6.45) is 8.40. The lowest BCUT2D eigenvalue weighted by atomic mass is 10.4. The van der Waals surface area contributed by atoms with E-state index < -0.39 is 0 Å². The third kappa shape index (κ3) is 3.20. The van der Waals surface area contributed by atoms with E-state index in [0.717, 1.165) is 31.2 Å². The molecule has 0 radical (unpaired) electrons. The summed E-state index contributed by atoms with van der Waals surface area (Å²) in [6, 6.07) is 0. The third-order valence-corrected chi connectivity index (χ3v) is 2.27. The number of nitrogens with one attached hydrogen (secondary N) is 1. The standard InChI is InChI=1S/C11H16N4O/c1-10-7-14-11(16-10)8-12-3-2-5-15-6-4-13-9-15/h4,6-7,9,12H,2-3,5,8H2,1H3. The molecule has 0 bridgehead atoms. The Kier molecular flexibility index (Phi) is 3.71. The minimum atomic E-state index is 0.692. The second kappa shape index (κ2) is 5.46. The van der Waals surface area contributed by atoms with Crippen LogP contribution in [0.3, 0.4) is 0 Å². The summed E-state index contributed by atoms with van der Waals surface area (Å²) in [5, 5.41) is 3.29. The van der Waals surface area contributed by atoms with Crippen molar-refractivity contribution in [1.82, 2.24) is 19.9 Å². The first-order valence-electron chi connectivity index (χ1n) is 5.42. The maximum atomic E-state index is 5.35. The first kappa shape index (κ1) is 10.9. The summed E-state index contributed by atoms with van der Waals surface area (Å²) in [4.78, 5) is 8.11. The molecule has 0 aliphatic rings. The van der Waals surface area contributed by atoms with Crippen LogP contribution in [0, 0.1) is 6.92 Å². The van der Waals surface area contributed by atoms with Crippen LogP contribution in [0.25, 0.3) is 0 Å². The molecule has 0 aliphatic carbocycles. The normalized spacial score (nSPS) is 10.8. The summed E-state index contributed by atoms with van der Waals surface area (Å²) >= 11 is 0. The van der Waals surface area contributed by atoms with E-state index in [2.05, 4.69) is 19.9 Å². The van der Waals surface area contributed by atoms with E-state index in [-0.39, 0.29) is 0 Å². The highest BCUT2D eigenvalue weighted by Gasteiger charge is 1.98. The van der Waals surface area contributed by atoms with Crippen molar-refractivity contribution in [1.29, 1.82) is 0 Å². The predicted molar refractivity (Wildman–Crippen MR) is 59.8 cm³/mol. The molecule has 86 valence electrons. The molecule has 0 aromatic carbocycles. The largest absolute Gasteiger partial charge is 0.445 e. The lowest BCUT2D eigenvalue weighted by molar-refractivity contribution is 0.445. The summed E-state index contributed by atoms with van der Waals surface area (Å²) in [7, 11) is 0. The SMILES string of the molecule is Cc1cnc(CNCCCn2ccnc2)o1. The number of aryl methyl sites for hydroxylation is 2. The Labute approximate surface area is 94.5 Å². The van der Waals surface area contributed by atoms with Crippen LogP contribution in [0.5, 0.6) is 0 Å². The zero-order chi connectivity index (χ0) is 11.2. The van der Waals surface area contributed by atoms with Gasteiger partial charge in [-0.3, -0.25) is 0 Å². The van der Waals surface area contributed by atoms with Crippen LogP contribution in [0.2, 0.25) is 0 Å². The van der Waals surface area contributed by atoms with Crippen LogP contribution in [-0.2, 0) is 13.1 Å². The molecule has 2 aromatic heterocycles. The van der Waals surface area contributed by atoms with Gasteiger partial charge in [0.15, 0.2) is 0 Å². The summed E-state index contributed by atoms with van der Waals surface area (Å²) in [5.41, 5.74) is 0. The van der Waals surface area contributed by atoms with Crippen LogP contribution in [0.1, 0.15) is 18.1 Å². The summed E-state index contributed by atoms with van der Waals surface area (Å²) in [6.45, 7) is 4.52. The molecule has 1 N–H and O–H groups in total. The molecule has 0 fully saturated rings. The van der Waals surface area contributed by atoms with Crippen molar-refractivity contribution in [2.45, 2.75) is 26.4 Å². The molecule has 0 amide bonds. The van der Waals surface area contributed by atoms with E-state index in [4.69, 9.17) is 4.42 Å². The average molecular weight is 220 g/mol. The van der Waals surface area contributed by atoms with Crippen LogP contribution in [-0.4, -0.2) is 21.1 Å². The van der Waals surface area contributed by atoms with E-state index in [1.165, 1.54) is 0 Å². The molecule has 16 heavy (non-hydrogen) atoms. The quantitative estimate of drug-likeness (QED) is 0.747. The minimum Gasteiger partial charge on any atom is -0.445 e. The van der Waals surface area contributed by atoms with Crippen molar-refractivity contribution >= 4 is 0 Å². The molecule has 0 aliphatic heterocycles. The Morgan fingerprint density at radius 2 is 2.44 bits per heavy atom. The van der Waals surface area contributed by atoms with Gasteiger partial charge in [-0.2, -0.15) is 0 Å². The Balaban J connectivity index is 1.59. The molecule has 0 spiro atoms. The van der Waals surface area contributed by atoms with Crippen molar-refractivity contribution < 1.29 is 4.42 Å². The van der Waals surface area contributed by atoms with Gasteiger partial charge in [0.25, 0.3) is 0 Å². The van der Waals surface area contributed by atoms with E-state index in [1.54, 1.807) is 12.4 Å². The van der Waals surface area contributed by atoms with Gasteiger partial charge in [-0.05, 0) is 19.9 Å². The van der Waals surface area contributed by atoms with Gasteiger partial charge >= 0.3 is 0 Å². The lowest BCUT2D eigenvalue weighted by Crippen LogP contribution is -2.16. The molecule has 0 saturated carbocycles. The second-order valence-electron chi connectivity index (χ2n) is 3.70. The van der Waals surface area contributed by atoms with Crippen LogP contribution < -0.4 is 5.32 Å². The first-order chi connectivity index (χ1) is 7.84. The fraction of sp³-hybridized carbons (Fsp3) is 0.455. The number of imidazole rings is 1. The Hall–Kier alpha value is -1.62. The van der Waals surface area contributed by atoms with Crippen molar-refractivity contribution in [3.05, 3.63) is 36.6 Å². The minimum absolute atomic E-state index is 0.692. The van der Waals surface area contributed by atoms with E-state index in [1.807, 2.05) is 19.4 Å². The summed E-state index contributed by atoms with van der Waals surface area (Å²) < 4.78 is 7.41. The number of nitrogens with zero attached hydrogens (tertiary/aromatic N) is 3. The zero-order valence-corrected chi connectivity index (χ0v) is 9.39. The van der Waals surface area contributed by atoms with Gasteiger partial charge in [-0.1, -0.05) is 0 Å². The number of rotatable bonds is 6. The molecule has 5 nitrogen and oxygen atoms in total. The second-order valence-corrected chi connectivity index (χ2v) is 3.70. The Morgan fingerprint density at radius 3 is 3.12 bits per heavy atom. The first-order valence-corrected chi connectivity index (χ1v) is 5.42. The van der Waals surface area contributed by atoms with Crippen molar-refractivity contribution in [3.63, 3.8) is 0 Å². The van der Waals surface area contributed by atoms with Crippen molar-refractivity contribution in [2.24, 2.45) is 0 Å². The highest BCUT2D eigenvalue weighted by Crippen LogP contribution is 2.00. The number of hydrogen-bond acceptors (Lipinski definition) is 4. The maximum Gasteiger partial charge on any atom is 0.208 e. The van der Waals surface area contributed by atoms with Gasteiger partial charge in [-0.15, -0.1) is 0 Å². The lowest BCUT2D eigenvalue weighted by Gasteiger charge is -2.02. The molecule has 0 atom stereocenters. The summed E-state index contributed by atoms with van der Waals surface area (Å²) in [5.74, 6) is 1.61. The molecule has 2 rings (SSSR count). The topological polar surface area (TPSA) is 55.9 Å². The van der Waals surface area contributed by atoms with Crippen molar-refractivity contribution in [3.8, 4) is 0 Å². The molecule has 2 heterocycles. The molecule has 2 aromatic rings. The zero-order valence-electron chi connectivity index (χ0n) is 9.39. The van der Waals surface area contributed by atoms with Gasteiger partial charge < -0.3 is 14.3 Å². The van der Waals surface area contributed by atoms with Crippen LogP contribution in [0.15, 0.2) is 29.3 Å². The average Bonchev–Trinajstić information content (AvgIpc) is 2.89. The molecule has 5 heteroatoms. The van der Waals surface area contributed by atoms with Gasteiger partial charge in [-0.25, -0.2) is 9.97 Å². The number of hydrogen-bond donors (Lipinski definition) is 1. The monoisotopic (exact) mass is 220 g/mol. The molecular formula is C11H16N4O. The van der Waals surface area contributed by atoms with E-state index >= 15 is 0 Å². The highest BCUT2D eigenvalue weighted by molar-refractivity contribution is 4.90.